The van der Waals surface area contributed by atoms with Gasteiger partial charge in [-0.2, -0.15) is 11.8 Å². The molecule has 0 aliphatic carbocycles. The summed E-state index contributed by atoms with van der Waals surface area (Å²) < 4.78 is 5.69. The molecule has 0 bridgehead atoms. The van der Waals surface area contributed by atoms with Crippen LogP contribution in [0, 0.1) is 6.92 Å². The fraction of sp³-hybridized carbons (Fsp3) is 0.381. The van der Waals surface area contributed by atoms with Crippen LogP contribution >= 0.6 is 23.4 Å². The fourth-order valence-corrected chi connectivity index (χ4v) is 4.16. The average Bonchev–Trinajstić information content (AvgIpc) is 2.66. The van der Waals surface area contributed by atoms with Crippen molar-refractivity contribution in [3.05, 3.63) is 58.6 Å². The summed E-state index contributed by atoms with van der Waals surface area (Å²) in [6.07, 6.45) is -0.644. The van der Waals surface area contributed by atoms with Gasteiger partial charge in [-0.05, 0) is 43.2 Å². The number of rotatable bonds is 6. The molecule has 1 aliphatic rings. The molecular formula is C21H25ClN2O2S. The fourth-order valence-electron chi connectivity index (χ4n) is 3.00. The zero-order valence-electron chi connectivity index (χ0n) is 15.7. The van der Waals surface area contributed by atoms with Crippen LogP contribution in [0.25, 0.3) is 0 Å². The van der Waals surface area contributed by atoms with Crippen molar-refractivity contribution < 1.29 is 9.53 Å². The van der Waals surface area contributed by atoms with Gasteiger partial charge >= 0.3 is 0 Å². The van der Waals surface area contributed by atoms with E-state index in [9.17, 15) is 4.79 Å². The summed E-state index contributed by atoms with van der Waals surface area (Å²) in [6, 6.07) is 13.4. The molecule has 1 unspecified atom stereocenters. The van der Waals surface area contributed by atoms with E-state index < -0.39 is 6.10 Å². The predicted molar refractivity (Wildman–Crippen MR) is 114 cm³/mol. The standard InChI is InChI=1S/C21H25ClN2O2S/c1-15-13-17(14-24-9-11-27-12-10-24)7-8-19(15)23-21(25)16(2)26-20-6-4-3-5-18(20)22/h3-8,13,16H,9-12,14H2,1-2H3,(H,23,25). The number of benzene rings is 2. The number of thioether (sulfide) groups is 1. The number of nitrogens with one attached hydrogen (secondary N) is 1. The van der Waals surface area contributed by atoms with E-state index in [2.05, 4.69) is 22.3 Å². The van der Waals surface area contributed by atoms with Gasteiger partial charge in [0.15, 0.2) is 6.10 Å². The number of aryl methyl sites for hydroxylation is 1. The molecule has 1 fully saturated rings. The number of hydrogen-bond acceptors (Lipinski definition) is 4. The molecule has 4 nitrogen and oxygen atoms in total. The van der Waals surface area contributed by atoms with E-state index in [4.69, 9.17) is 16.3 Å². The maximum absolute atomic E-state index is 12.5. The van der Waals surface area contributed by atoms with E-state index in [1.807, 2.05) is 36.9 Å². The number of amides is 1. The largest absolute Gasteiger partial charge is 0.479 e. The van der Waals surface area contributed by atoms with Gasteiger partial charge in [0.1, 0.15) is 5.75 Å². The first-order valence-corrected chi connectivity index (χ1v) is 10.7. The minimum absolute atomic E-state index is 0.196. The van der Waals surface area contributed by atoms with Crippen LogP contribution in [0.3, 0.4) is 0 Å². The minimum Gasteiger partial charge on any atom is -0.479 e. The van der Waals surface area contributed by atoms with Gasteiger partial charge in [0.25, 0.3) is 5.91 Å². The molecule has 0 saturated carbocycles. The second-order valence-corrected chi connectivity index (χ2v) is 8.35. The van der Waals surface area contributed by atoms with Crippen molar-refractivity contribution in [1.29, 1.82) is 0 Å². The monoisotopic (exact) mass is 404 g/mol. The molecule has 27 heavy (non-hydrogen) atoms. The first kappa shape index (κ1) is 20.1. The lowest BCUT2D eigenvalue weighted by Crippen LogP contribution is -2.32. The summed E-state index contributed by atoms with van der Waals surface area (Å²) in [6.45, 7) is 6.97. The van der Waals surface area contributed by atoms with E-state index in [1.54, 1.807) is 19.1 Å². The zero-order chi connectivity index (χ0) is 19.2. The molecule has 0 spiro atoms. The summed E-state index contributed by atoms with van der Waals surface area (Å²) in [5, 5.41) is 3.45. The highest BCUT2D eigenvalue weighted by molar-refractivity contribution is 7.99. The first-order chi connectivity index (χ1) is 13.0. The highest BCUT2D eigenvalue weighted by atomic mass is 35.5. The van der Waals surface area contributed by atoms with Crippen LogP contribution in [0.4, 0.5) is 5.69 Å². The molecule has 1 N–H and O–H groups in total. The van der Waals surface area contributed by atoms with Gasteiger partial charge in [0.2, 0.25) is 0 Å². The third-order valence-corrected chi connectivity index (χ3v) is 5.82. The number of carbonyl (C=O) groups is 1. The van der Waals surface area contributed by atoms with Crippen molar-refractivity contribution >= 4 is 35.0 Å². The van der Waals surface area contributed by atoms with Gasteiger partial charge in [-0.25, -0.2) is 0 Å². The van der Waals surface area contributed by atoms with Crippen LogP contribution in [0.2, 0.25) is 5.02 Å². The highest BCUT2D eigenvalue weighted by Crippen LogP contribution is 2.25. The molecule has 0 radical (unpaired) electrons. The summed E-state index contributed by atoms with van der Waals surface area (Å²) >= 11 is 8.11. The molecular weight excluding hydrogens is 380 g/mol. The number of anilines is 1. The zero-order valence-corrected chi connectivity index (χ0v) is 17.3. The SMILES string of the molecule is Cc1cc(CN2CCSCC2)ccc1NC(=O)C(C)Oc1ccccc1Cl. The molecule has 3 rings (SSSR count). The third-order valence-electron chi connectivity index (χ3n) is 4.57. The molecule has 1 aliphatic heterocycles. The minimum atomic E-state index is -0.644. The Hall–Kier alpha value is -1.69. The van der Waals surface area contributed by atoms with E-state index in [-0.39, 0.29) is 5.91 Å². The Morgan fingerprint density at radius 1 is 1.26 bits per heavy atom. The quantitative estimate of drug-likeness (QED) is 0.763. The van der Waals surface area contributed by atoms with E-state index in [1.165, 1.54) is 17.1 Å². The Morgan fingerprint density at radius 2 is 2.00 bits per heavy atom. The van der Waals surface area contributed by atoms with Crippen molar-refractivity contribution in [2.24, 2.45) is 0 Å². The van der Waals surface area contributed by atoms with Crippen LogP contribution in [0.15, 0.2) is 42.5 Å². The molecule has 2 aromatic rings. The van der Waals surface area contributed by atoms with Crippen molar-refractivity contribution in [2.75, 3.05) is 29.9 Å². The van der Waals surface area contributed by atoms with Crippen LogP contribution in [-0.4, -0.2) is 41.5 Å². The van der Waals surface area contributed by atoms with Gasteiger partial charge in [0.05, 0.1) is 5.02 Å². The number of hydrogen-bond donors (Lipinski definition) is 1. The molecule has 144 valence electrons. The van der Waals surface area contributed by atoms with Crippen LogP contribution in [-0.2, 0) is 11.3 Å². The topological polar surface area (TPSA) is 41.6 Å². The molecule has 1 atom stereocenters. The number of ether oxygens (including phenoxy) is 1. The molecule has 1 heterocycles. The second kappa shape index (κ2) is 9.49. The van der Waals surface area contributed by atoms with E-state index in [0.29, 0.717) is 10.8 Å². The molecule has 2 aromatic carbocycles. The van der Waals surface area contributed by atoms with Crippen molar-refractivity contribution in [3.8, 4) is 5.75 Å². The smallest absolute Gasteiger partial charge is 0.265 e. The van der Waals surface area contributed by atoms with Crippen LogP contribution in [0.1, 0.15) is 18.1 Å². The Balaban J connectivity index is 1.59. The van der Waals surface area contributed by atoms with E-state index >= 15 is 0 Å². The van der Waals surface area contributed by atoms with Gasteiger partial charge in [-0.15, -0.1) is 0 Å². The maximum atomic E-state index is 12.5. The lowest BCUT2D eigenvalue weighted by Gasteiger charge is -2.26. The number of para-hydroxylation sites is 1. The van der Waals surface area contributed by atoms with Crippen molar-refractivity contribution in [1.82, 2.24) is 4.90 Å². The molecule has 0 aromatic heterocycles. The lowest BCUT2D eigenvalue weighted by atomic mass is 10.1. The summed E-state index contributed by atoms with van der Waals surface area (Å²) in [5.41, 5.74) is 3.14. The maximum Gasteiger partial charge on any atom is 0.265 e. The molecule has 1 amide bonds. The first-order valence-electron chi connectivity index (χ1n) is 9.14. The predicted octanol–water partition coefficient (Wildman–Crippen LogP) is 4.60. The normalized spacial score (nSPS) is 16.0. The molecule has 6 heteroatoms. The van der Waals surface area contributed by atoms with Gasteiger partial charge < -0.3 is 10.1 Å². The molecule has 1 saturated heterocycles. The van der Waals surface area contributed by atoms with Gasteiger partial charge in [-0.3, -0.25) is 9.69 Å². The van der Waals surface area contributed by atoms with E-state index in [0.717, 1.165) is 30.9 Å². The Morgan fingerprint density at radius 3 is 2.70 bits per heavy atom. The number of halogens is 1. The average molecular weight is 405 g/mol. The summed E-state index contributed by atoms with van der Waals surface area (Å²) in [7, 11) is 0. The van der Waals surface area contributed by atoms with Crippen LogP contribution < -0.4 is 10.1 Å². The highest BCUT2D eigenvalue weighted by Gasteiger charge is 2.17. The Kier molecular flexibility index (Phi) is 7.05. The van der Waals surface area contributed by atoms with Gasteiger partial charge in [0, 0.05) is 36.8 Å². The van der Waals surface area contributed by atoms with Gasteiger partial charge in [-0.1, -0.05) is 35.9 Å². The second-order valence-electron chi connectivity index (χ2n) is 6.72. The lowest BCUT2D eigenvalue weighted by molar-refractivity contribution is -0.122. The van der Waals surface area contributed by atoms with Crippen LogP contribution in [0.5, 0.6) is 5.75 Å². The third kappa shape index (κ3) is 5.64. The van der Waals surface area contributed by atoms with Crippen molar-refractivity contribution in [2.45, 2.75) is 26.5 Å². The summed E-state index contributed by atoms with van der Waals surface area (Å²) in [4.78, 5) is 15.0. The summed E-state index contributed by atoms with van der Waals surface area (Å²) in [5.74, 6) is 2.72. The number of carbonyl (C=O) groups excluding carboxylic acids is 1. The van der Waals surface area contributed by atoms with Crippen molar-refractivity contribution in [3.63, 3.8) is 0 Å². The Labute approximate surface area is 170 Å². The number of nitrogens with zero attached hydrogens (tertiary/aromatic N) is 1. The Bertz CT molecular complexity index is 794.